The maximum Gasteiger partial charge on any atom is 0.416 e. The van der Waals surface area contributed by atoms with Crippen molar-refractivity contribution in [3.63, 3.8) is 0 Å². The van der Waals surface area contributed by atoms with Crippen molar-refractivity contribution in [2.24, 2.45) is 0 Å². The molecule has 1 saturated heterocycles. The zero-order valence-electron chi connectivity index (χ0n) is 8.46. The summed E-state index contributed by atoms with van der Waals surface area (Å²) in [7, 11) is 0. The van der Waals surface area contributed by atoms with Gasteiger partial charge in [0.25, 0.3) is 0 Å². The summed E-state index contributed by atoms with van der Waals surface area (Å²) in [6.07, 6.45) is -4.15. The summed E-state index contributed by atoms with van der Waals surface area (Å²) in [4.78, 5) is 0. The first-order valence-electron chi connectivity index (χ1n) is 5.05. The monoisotopic (exact) mass is 231 g/mol. The summed E-state index contributed by atoms with van der Waals surface area (Å²) >= 11 is 0. The molecule has 0 aromatic heterocycles. The third kappa shape index (κ3) is 2.36. The molecule has 1 aliphatic rings. The van der Waals surface area contributed by atoms with Crippen LogP contribution < -0.4 is 5.32 Å². The summed E-state index contributed by atoms with van der Waals surface area (Å²) in [5.74, 6) is 0. The summed E-state index contributed by atoms with van der Waals surface area (Å²) in [5.41, 5.74) is 0.138. The number of alkyl halides is 3. The molecular weight excluding hydrogens is 219 g/mol. The summed E-state index contributed by atoms with van der Waals surface area (Å²) in [6, 6.07) is 5.01. The van der Waals surface area contributed by atoms with Crippen LogP contribution in [0.4, 0.5) is 13.2 Å². The molecule has 1 aromatic rings. The van der Waals surface area contributed by atoms with E-state index in [4.69, 9.17) is 0 Å². The van der Waals surface area contributed by atoms with Gasteiger partial charge in [0, 0.05) is 12.6 Å². The molecule has 1 heterocycles. The Morgan fingerprint density at radius 3 is 2.25 bits per heavy atom. The standard InChI is InChI=1S/C11H12F3NO/c12-11(13,14)8-3-1-7(2-4-8)10-5-9(16)6-15-10/h1-4,9-10,15-16H,5-6H2. The van der Waals surface area contributed by atoms with E-state index in [-0.39, 0.29) is 6.04 Å². The third-order valence-electron chi connectivity index (χ3n) is 2.75. The van der Waals surface area contributed by atoms with Crippen molar-refractivity contribution in [2.45, 2.75) is 24.7 Å². The van der Waals surface area contributed by atoms with Gasteiger partial charge in [-0.05, 0) is 24.1 Å². The molecule has 5 heteroatoms. The second-order valence-corrected chi connectivity index (χ2v) is 3.97. The number of hydrogen-bond donors (Lipinski definition) is 2. The number of rotatable bonds is 1. The molecule has 1 aliphatic heterocycles. The van der Waals surface area contributed by atoms with Gasteiger partial charge in [0.15, 0.2) is 0 Å². The molecule has 1 fully saturated rings. The van der Waals surface area contributed by atoms with Crippen LogP contribution in [0.1, 0.15) is 23.6 Å². The number of aliphatic hydroxyl groups excluding tert-OH is 1. The Kier molecular flexibility index (Phi) is 2.90. The van der Waals surface area contributed by atoms with Crippen molar-refractivity contribution in [3.05, 3.63) is 35.4 Å². The molecule has 2 atom stereocenters. The topological polar surface area (TPSA) is 32.3 Å². The third-order valence-corrected chi connectivity index (χ3v) is 2.75. The highest BCUT2D eigenvalue weighted by atomic mass is 19.4. The molecule has 1 aromatic carbocycles. The highest BCUT2D eigenvalue weighted by molar-refractivity contribution is 5.27. The Hall–Kier alpha value is -1.07. The SMILES string of the molecule is OC1CNC(c2ccc(C(F)(F)F)cc2)C1. The van der Waals surface area contributed by atoms with Crippen molar-refractivity contribution in [1.29, 1.82) is 0 Å². The molecule has 2 unspecified atom stereocenters. The van der Waals surface area contributed by atoms with Crippen LogP contribution in [0.15, 0.2) is 24.3 Å². The van der Waals surface area contributed by atoms with Gasteiger partial charge in [-0.15, -0.1) is 0 Å². The lowest BCUT2D eigenvalue weighted by Crippen LogP contribution is -2.15. The highest BCUT2D eigenvalue weighted by Gasteiger charge is 2.30. The predicted octanol–water partition coefficient (Wildman–Crippen LogP) is 2.10. The number of β-amino-alcohol motifs (C(OH)–C–C–N with tert-alkyl or cyclic N) is 1. The largest absolute Gasteiger partial charge is 0.416 e. The lowest BCUT2D eigenvalue weighted by Gasteiger charge is -2.12. The van der Waals surface area contributed by atoms with Crippen molar-refractivity contribution >= 4 is 0 Å². The van der Waals surface area contributed by atoms with Crippen LogP contribution in [0.3, 0.4) is 0 Å². The molecule has 0 bridgehead atoms. The van der Waals surface area contributed by atoms with E-state index in [0.29, 0.717) is 13.0 Å². The zero-order valence-corrected chi connectivity index (χ0v) is 8.46. The number of hydrogen-bond acceptors (Lipinski definition) is 2. The average molecular weight is 231 g/mol. The maximum atomic E-state index is 12.3. The van der Waals surface area contributed by atoms with Gasteiger partial charge in [-0.3, -0.25) is 0 Å². The smallest absolute Gasteiger partial charge is 0.392 e. The van der Waals surface area contributed by atoms with E-state index in [9.17, 15) is 18.3 Å². The fraction of sp³-hybridized carbons (Fsp3) is 0.455. The van der Waals surface area contributed by atoms with E-state index >= 15 is 0 Å². The van der Waals surface area contributed by atoms with Gasteiger partial charge in [-0.2, -0.15) is 13.2 Å². The fourth-order valence-electron chi connectivity index (χ4n) is 1.88. The van der Waals surface area contributed by atoms with Gasteiger partial charge in [-0.1, -0.05) is 12.1 Å². The molecule has 0 radical (unpaired) electrons. The van der Waals surface area contributed by atoms with Gasteiger partial charge < -0.3 is 10.4 Å². The van der Waals surface area contributed by atoms with Gasteiger partial charge in [-0.25, -0.2) is 0 Å². The normalized spacial score (nSPS) is 26.0. The van der Waals surface area contributed by atoms with Crippen LogP contribution in [0.2, 0.25) is 0 Å². The molecular formula is C11H12F3NO. The second-order valence-electron chi connectivity index (χ2n) is 3.97. The molecule has 0 saturated carbocycles. The van der Waals surface area contributed by atoms with Crippen LogP contribution in [0, 0.1) is 0 Å². The van der Waals surface area contributed by atoms with E-state index in [2.05, 4.69) is 5.32 Å². The molecule has 0 amide bonds. The molecule has 88 valence electrons. The van der Waals surface area contributed by atoms with Crippen LogP contribution in [-0.4, -0.2) is 17.8 Å². The minimum absolute atomic E-state index is 0.0442. The van der Waals surface area contributed by atoms with Crippen molar-refractivity contribution in [2.75, 3.05) is 6.54 Å². The molecule has 16 heavy (non-hydrogen) atoms. The van der Waals surface area contributed by atoms with Gasteiger partial charge >= 0.3 is 6.18 Å². The van der Waals surface area contributed by atoms with Crippen LogP contribution in [0.25, 0.3) is 0 Å². The Labute approximate surface area is 91.1 Å². The molecule has 2 rings (SSSR count). The van der Waals surface area contributed by atoms with E-state index in [0.717, 1.165) is 17.7 Å². The van der Waals surface area contributed by atoms with Gasteiger partial charge in [0.05, 0.1) is 11.7 Å². The lowest BCUT2D eigenvalue weighted by molar-refractivity contribution is -0.137. The van der Waals surface area contributed by atoms with Gasteiger partial charge in [0.1, 0.15) is 0 Å². The minimum atomic E-state index is -4.29. The van der Waals surface area contributed by atoms with Crippen LogP contribution in [-0.2, 0) is 6.18 Å². The van der Waals surface area contributed by atoms with Crippen molar-refractivity contribution in [3.8, 4) is 0 Å². The van der Waals surface area contributed by atoms with E-state index in [1.165, 1.54) is 12.1 Å². The predicted molar refractivity (Wildman–Crippen MR) is 52.8 cm³/mol. The summed E-state index contributed by atoms with van der Waals surface area (Å²) < 4.78 is 36.9. The summed E-state index contributed by atoms with van der Waals surface area (Å²) in [6.45, 7) is 0.492. The van der Waals surface area contributed by atoms with Crippen molar-refractivity contribution < 1.29 is 18.3 Å². The van der Waals surface area contributed by atoms with Crippen LogP contribution >= 0.6 is 0 Å². The van der Waals surface area contributed by atoms with Gasteiger partial charge in [0.2, 0.25) is 0 Å². The first-order chi connectivity index (χ1) is 7.47. The minimum Gasteiger partial charge on any atom is -0.392 e. The Morgan fingerprint density at radius 1 is 1.19 bits per heavy atom. The average Bonchev–Trinajstić information content (AvgIpc) is 2.64. The van der Waals surface area contributed by atoms with E-state index < -0.39 is 17.8 Å². The van der Waals surface area contributed by atoms with E-state index in [1.807, 2.05) is 0 Å². The fourth-order valence-corrected chi connectivity index (χ4v) is 1.88. The lowest BCUT2D eigenvalue weighted by atomic mass is 10.0. The first kappa shape index (κ1) is 11.4. The summed E-state index contributed by atoms with van der Waals surface area (Å²) in [5, 5.41) is 12.4. The quantitative estimate of drug-likeness (QED) is 0.775. The molecule has 2 N–H and O–H groups in total. The Balaban J connectivity index is 2.14. The van der Waals surface area contributed by atoms with E-state index in [1.54, 1.807) is 0 Å². The number of halogens is 3. The molecule has 0 aliphatic carbocycles. The van der Waals surface area contributed by atoms with Crippen molar-refractivity contribution in [1.82, 2.24) is 5.32 Å². The number of nitrogens with one attached hydrogen (secondary N) is 1. The molecule has 2 nitrogen and oxygen atoms in total. The first-order valence-corrected chi connectivity index (χ1v) is 5.05. The number of aliphatic hydroxyl groups is 1. The molecule has 0 spiro atoms. The Bertz CT molecular complexity index is 360. The maximum absolute atomic E-state index is 12.3. The van der Waals surface area contributed by atoms with Crippen LogP contribution in [0.5, 0.6) is 0 Å². The second kappa shape index (κ2) is 4.07. The Morgan fingerprint density at radius 2 is 1.81 bits per heavy atom. The number of benzene rings is 1. The zero-order chi connectivity index (χ0) is 11.8. The highest BCUT2D eigenvalue weighted by Crippen LogP contribution is 2.31.